The zero-order chi connectivity index (χ0) is 15.6. The summed E-state index contributed by atoms with van der Waals surface area (Å²) >= 11 is 3.20. The second-order valence-electron chi connectivity index (χ2n) is 5.70. The minimum absolute atomic E-state index is 0.00427. The fourth-order valence-corrected chi connectivity index (χ4v) is 4.33. The highest BCUT2D eigenvalue weighted by Crippen LogP contribution is 2.42. The summed E-state index contributed by atoms with van der Waals surface area (Å²) in [6.07, 6.45) is 4.50. The molecule has 1 saturated carbocycles. The summed E-state index contributed by atoms with van der Waals surface area (Å²) in [6, 6.07) is 8.12. The maximum atomic E-state index is 12.0. The van der Waals surface area contributed by atoms with Crippen LogP contribution in [0.5, 0.6) is 0 Å². The molecule has 23 heavy (non-hydrogen) atoms. The van der Waals surface area contributed by atoms with E-state index in [0.29, 0.717) is 17.5 Å². The van der Waals surface area contributed by atoms with E-state index >= 15 is 0 Å². The van der Waals surface area contributed by atoms with Gasteiger partial charge in [-0.1, -0.05) is 23.5 Å². The van der Waals surface area contributed by atoms with Gasteiger partial charge in [0, 0.05) is 12.3 Å². The van der Waals surface area contributed by atoms with Gasteiger partial charge < -0.3 is 5.32 Å². The van der Waals surface area contributed by atoms with E-state index in [1.54, 1.807) is 11.3 Å². The van der Waals surface area contributed by atoms with Crippen LogP contribution in [-0.2, 0) is 11.2 Å². The third-order valence-electron chi connectivity index (χ3n) is 3.75. The molecule has 0 saturated heterocycles. The van der Waals surface area contributed by atoms with Crippen molar-refractivity contribution in [2.45, 2.75) is 38.0 Å². The molecule has 0 spiro atoms. The van der Waals surface area contributed by atoms with Crippen LogP contribution in [0.3, 0.4) is 0 Å². The molecule has 0 aliphatic heterocycles. The number of thiazole rings is 1. The van der Waals surface area contributed by atoms with E-state index in [1.807, 2.05) is 18.2 Å². The van der Waals surface area contributed by atoms with Gasteiger partial charge in [-0.3, -0.25) is 4.79 Å². The Hall–Kier alpha value is -1.86. The number of fused-ring (bicyclic) bond motifs is 1. The molecule has 1 N–H and O–H groups in total. The van der Waals surface area contributed by atoms with Gasteiger partial charge in [0.15, 0.2) is 0 Å². The Balaban J connectivity index is 1.27. The molecular formula is C16H16N4OS2. The molecule has 0 radical (unpaired) electrons. The minimum Gasteiger partial charge on any atom is -0.301 e. The Labute approximate surface area is 141 Å². The first kappa shape index (κ1) is 14.7. The number of rotatable bonds is 6. The number of aryl methyl sites for hydroxylation is 1. The summed E-state index contributed by atoms with van der Waals surface area (Å²) in [5.74, 6) is 0.585. The Kier molecular flexibility index (Phi) is 4.05. The van der Waals surface area contributed by atoms with E-state index in [4.69, 9.17) is 0 Å². The van der Waals surface area contributed by atoms with Crippen molar-refractivity contribution in [2.24, 2.45) is 0 Å². The average Bonchev–Trinajstić information content (AvgIpc) is 3.15. The van der Waals surface area contributed by atoms with E-state index in [9.17, 15) is 4.79 Å². The lowest BCUT2D eigenvalue weighted by atomic mass is 10.2. The first-order valence-electron chi connectivity index (χ1n) is 7.75. The van der Waals surface area contributed by atoms with Crippen LogP contribution in [0.25, 0.3) is 10.2 Å². The molecule has 0 unspecified atom stereocenters. The molecule has 5 nitrogen and oxygen atoms in total. The molecule has 118 valence electrons. The lowest BCUT2D eigenvalue weighted by Gasteiger charge is -1.99. The molecule has 1 aromatic carbocycles. The molecule has 0 bridgehead atoms. The fourth-order valence-electron chi connectivity index (χ4n) is 2.39. The van der Waals surface area contributed by atoms with Crippen LogP contribution in [0.1, 0.15) is 41.6 Å². The van der Waals surface area contributed by atoms with Crippen molar-refractivity contribution in [2.75, 3.05) is 5.32 Å². The van der Waals surface area contributed by atoms with E-state index in [-0.39, 0.29) is 5.91 Å². The largest absolute Gasteiger partial charge is 0.301 e. The summed E-state index contributed by atoms with van der Waals surface area (Å²) in [4.78, 5) is 16.6. The molecule has 2 aromatic heterocycles. The van der Waals surface area contributed by atoms with Crippen LogP contribution in [0.4, 0.5) is 5.13 Å². The molecule has 1 aliphatic carbocycles. The van der Waals surface area contributed by atoms with E-state index < -0.39 is 0 Å². The third kappa shape index (κ3) is 3.56. The summed E-state index contributed by atoms with van der Waals surface area (Å²) in [5, 5.41) is 13.8. The maximum absolute atomic E-state index is 12.0. The summed E-state index contributed by atoms with van der Waals surface area (Å²) in [6.45, 7) is 0. The Morgan fingerprint density at radius 3 is 2.91 bits per heavy atom. The van der Waals surface area contributed by atoms with Crippen LogP contribution in [0.2, 0.25) is 0 Å². The van der Waals surface area contributed by atoms with Crippen LogP contribution in [0, 0.1) is 0 Å². The third-order valence-corrected chi connectivity index (χ3v) is 5.84. The number of para-hydroxylation sites is 1. The van der Waals surface area contributed by atoms with Gasteiger partial charge in [-0.25, -0.2) is 4.98 Å². The second kappa shape index (κ2) is 6.33. The van der Waals surface area contributed by atoms with Crippen molar-refractivity contribution in [3.05, 3.63) is 34.3 Å². The summed E-state index contributed by atoms with van der Waals surface area (Å²) in [5.41, 5.74) is 1.04. The van der Waals surface area contributed by atoms with Crippen molar-refractivity contribution in [1.82, 2.24) is 15.2 Å². The Bertz CT molecular complexity index is 804. The fraction of sp³-hybridized carbons (Fsp3) is 0.375. The first-order valence-corrected chi connectivity index (χ1v) is 9.39. The molecule has 3 aromatic rings. The number of benzene rings is 1. The quantitative estimate of drug-likeness (QED) is 0.734. The van der Waals surface area contributed by atoms with Crippen LogP contribution >= 0.6 is 22.7 Å². The highest BCUT2D eigenvalue weighted by atomic mass is 32.1. The first-order chi connectivity index (χ1) is 11.3. The summed E-state index contributed by atoms with van der Waals surface area (Å²) < 4.78 is 1.20. The van der Waals surface area contributed by atoms with Gasteiger partial charge in [0.25, 0.3) is 0 Å². The molecule has 0 atom stereocenters. The lowest BCUT2D eigenvalue weighted by Crippen LogP contribution is -2.11. The maximum Gasteiger partial charge on any atom is 0.226 e. The number of hydrogen-bond acceptors (Lipinski definition) is 6. The zero-order valence-electron chi connectivity index (χ0n) is 12.5. The van der Waals surface area contributed by atoms with E-state index in [1.165, 1.54) is 28.9 Å². The number of amides is 1. The summed E-state index contributed by atoms with van der Waals surface area (Å²) in [7, 11) is 0. The van der Waals surface area contributed by atoms with E-state index in [0.717, 1.165) is 28.4 Å². The van der Waals surface area contributed by atoms with Gasteiger partial charge in [0.1, 0.15) is 5.01 Å². The average molecular weight is 344 g/mol. The standard InChI is InChI=1S/C16H16N4OS2/c21-13(18-16-20-19-15(23-16)10-8-9-10)6-3-7-14-17-11-4-1-2-5-12(11)22-14/h1-2,4-5,10H,3,6-9H2,(H,18,20,21). The van der Waals surface area contributed by atoms with Gasteiger partial charge in [-0.2, -0.15) is 0 Å². The van der Waals surface area contributed by atoms with Crippen molar-refractivity contribution in [3.8, 4) is 0 Å². The molecule has 4 rings (SSSR count). The number of carbonyl (C=O) groups excluding carboxylic acids is 1. The van der Waals surface area contributed by atoms with Crippen molar-refractivity contribution in [3.63, 3.8) is 0 Å². The van der Waals surface area contributed by atoms with Crippen LogP contribution in [0.15, 0.2) is 24.3 Å². The second-order valence-corrected chi connectivity index (χ2v) is 7.82. The van der Waals surface area contributed by atoms with Crippen molar-refractivity contribution >= 4 is 43.9 Å². The lowest BCUT2D eigenvalue weighted by molar-refractivity contribution is -0.116. The Morgan fingerprint density at radius 2 is 2.09 bits per heavy atom. The highest BCUT2D eigenvalue weighted by Gasteiger charge is 2.27. The molecule has 1 fully saturated rings. The van der Waals surface area contributed by atoms with Crippen LogP contribution < -0.4 is 5.32 Å². The molecule has 1 aliphatic rings. The van der Waals surface area contributed by atoms with Gasteiger partial charge in [0.05, 0.1) is 15.2 Å². The SMILES string of the molecule is O=C(CCCc1nc2ccccc2s1)Nc1nnc(C2CC2)s1. The minimum atomic E-state index is 0.00427. The number of carbonyl (C=O) groups is 1. The smallest absolute Gasteiger partial charge is 0.226 e. The molecule has 2 heterocycles. The monoisotopic (exact) mass is 344 g/mol. The number of nitrogens with one attached hydrogen (secondary N) is 1. The predicted octanol–water partition coefficient (Wildman–Crippen LogP) is 3.99. The highest BCUT2D eigenvalue weighted by molar-refractivity contribution is 7.18. The van der Waals surface area contributed by atoms with Crippen molar-refractivity contribution in [1.29, 1.82) is 0 Å². The topological polar surface area (TPSA) is 67.8 Å². The number of anilines is 1. The van der Waals surface area contributed by atoms with Gasteiger partial charge in [-0.05, 0) is 37.8 Å². The zero-order valence-corrected chi connectivity index (χ0v) is 14.1. The van der Waals surface area contributed by atoms with Crippen molar-refractivity contribution < 1.29 is 4.79 Å². The number of hydrogen-bond donors (Lipinski definition) is 1. The predicted molar refractivity (Wildman–Crippen MR) is 93.1 cm³/mol. The van der Waals surface area contributed by atoms with Gasteiger partial charge in [0.2, 0.25) is 11.0 Å². The van der Waals surface area contributed by atoms with Gasteiger partial charge in [-0.15, -0.1) is 21.5 Å². The van der Waals surface area contributed by atoms with Gasteiger partial charge >= 0.3 is 0 Å². The molecule has 1 amide bonds. The molecule has 7 heteroatoms. The number of aromatic nitrogens is 3. The van der Waals surface area contributed by atoms with Crippen LogP contribution in [-0.4, -0.2) is 21.1 Å². The molecular weight excluding hydrogens is 328 g/mol. The van der Waals surface area contributed by atoms with E-state index in [2.05, 4.69) is 26.6 Å². The Morgan fingerprint density at radius 1 is 1.22 bits per heavy atom. The number of nitrogens with zero attached hydrogens (tertiary/aromatic N) is 3. The normalized spacial score (nSPS) is 14.3.